The van der Waals surface area contributed by atoms with Gasteiger partial charge in [-0.05, 0) is 49.7 Å². The number of nitrogens with zero attached hydrogens (tertiary/aromatic N) is 2. The van der Waals surface area contributed by atoms with Crippen molar-refractivity contribution in [1.82, 2.24) is 9.80 Å². The van der Waals surface area contributed by atoms with Crippen molar-refractivity contribution in [1.29, 1.82) is 0 Å². The van der Waals surface area contributed by atoms with Gasteiger partial charge in [-0.25, -0.2) is 0 Å². The van der Waals surface area contributed by atoms with E-state index in [9.17, 15) is 9.59 Å². The van der Waals surface area contributed by atoms with Crippen LogP contribution in [0.15, 0.2) is 42.5 Å². The first-order valence-corrected chi connectivity index (χ1v) is 10.9. The van der Waals surface area contributed by atoms with E-state index in [4.69, 9.17) is 33.0 Å². The molecule has 1 saturated heterocycles. The minimum Gasteiger partial charge on any atom is -0.483 e. The van der Waals surface area contributed by atoms with Crippen LogP contribution in [0.4, 0.5) is 0 Å². The van der Waals surface area contributed by atoms with Gasteiger partial charge in [-0.1, -0.05) is 35.3 Å². The number of hydrogen-bond donors (Lipinski definition) is 1. The maximum atomic E-state index is 12.9. The molecule has 0 aromatic heterocycles. The second kappa shape index (κ2) is 10.4. The standard InChI is InChI=1S/C23H26Cl2N2O4/c1-15-12-27(16(2)11-26(15)13-17-3-5-19(24)6-4-17)22(28)14-31-21-8-7-20(25)9-18(21)10-23(29)30/h3-9,15-16H,10-14H2,1-2H3,(H,29,30)/t15-,16+/m0/s1. The van der Waals surface area contributed by atoms with Crippen molar-refractivity contribution in [3.05, 3.63) is 63.6 Å². The summed E-state index contributed by atoms with van der Waals surface area (Å²) in [6.07, 6.45) is -0.221. The van der Waals surface area contributed by atoms with Gasteiger partial charge in [-0.15, -0.1) is 0 Å². The number of halogens is 2. The van der Waals surface area contributed by atoms with Crippen LogP contribution in [0.25, 0.3) is 0 Å². The molecule has 2 aromatic carbocycles. The molecule has 1 aliphatic heterocycles. The number of carbonyl (C=O) groups excluding carboxylic acids is 1. The molecule has 1 aliphatic rings. The Balaban J connectivity index is 1.59. The molecule has 8 heteroatoms. The van der Waals surface area contributed by atoms with Gasteiger partial charge in [0.25, 0.3) is 5.91 Å². The molecule has 6 nitrogen and oxygen atoms in total. The number of ether oxygens (including phenoxy) is 1. The van der Waals surface area contributed by atoms with Crippen molar-refractivity contribution in [2.75, 3.05) is 19.7 Å². The summed E-state index contributed by atoms with van der Waals surface area (Å²) in [6, 6.07) is 12.8. The molecule has 0 radical (unpaired) electrons. The summed E-state index contributed by atoms with van der Waals surface area (Å²) in [5.74, 6) is -0.748. The van der Waals surface area contributed by atoms with Crippen LogP contribution >= 0.6 is 23.2 Å². The molecular weight excluding hydrogens is 439 g/mol. The third kappa shape index (κ3) is 6.35. The number of aliphatic carboxylic acids is 1. The highest BCUT2D eigenvalue weighted by molar-refractivity contribution is 6.30. The molecule has 1 heterocycles. The molecule has 166 valence electrons. The Bertz CT molecular complexity index is 936. The minimum atomic E-state index is -0.988. The Morgan fingerprint density at radius 2 is 1.71 bits per heavy atom. The average Bonchev–Trinajstić information content (AvgIpc) is 2.71. The monoisotopic (exact) mass is 464 g/mol. The van der Waals surface area contributed by atoms with E-state index in [1.807, 2.05) is 36.1 Å². The van der Waals surface area contributed by atoms with Gasteiger partial charge in [0.2, 0.25) is 0 Å². The molecule has 1 amide bonds. The summed E-state index contributed by atoms with van der Waals surface area (Å²) in [4.78, 5) is 28.1. The van der Waals surface area contributed by atoms with Crippen LogP contribution in [0.2, 0.25) is 10.0 Å². The lowest BCUT2D eigenvalue weighted by atomic mass is 10.1. The highest BCUT2D eigenvalue weighted by Crippen LogP contribution is 2.24. The number of amides is 1. The van der Waals surface area contributed by atoms with E-state index in [-0.39, 0.29) is 31.0 Å². The number of rotatable bonds is 7. The molecule has 2 atom stereocenters. The van der Waals surface area contributed by atoms with E-state index in [1.54, 1.807) is 18.2 Å². The lowest BCUT2D eigenvalue weighted by molar-refractivity contribution is -0.139. The van der Waals surface area contributed by atoms with E-state index in [0.29, 0.717) is 27.9 Å². The zero-order valence-corrected chi connectivity index (χ0v) is 19.1. The number of benzene rings is 2. The first-order valence-electron chi connectivity index (χ1n) is 10.1. The van der Waals surface area contributed by atoms with E-state index in [1.165, 1.54) is 5.56 Å². The highest BCUT2D eigenvalue weighted by Gasteiger charge is 2.32. The van der Waals surface area contributed by atoms with Crippen LogP contribution in [0, 0.1) is 0 Å². The molecular formula is C23H26Cl2N2O4. The van der Waals surface area contributed by atoms with Crippen molar-refractivity contribution >= 4 is 35.1 Å². The Morgan fingerprint density at radius 3 is 2.39 bits per heavy atom. The maximum Gasteiger partial charge on any atom is 0.307 e. The van der Waals surface area contributed by atoms with Crippen LogP contribution in [-0.2, 0) is 22.6 Å². The number of carboxylic acid groups (broad SMARTS) is 1. The molecule has 31 heavy (non-hydrogen) atoms. The quantitative estimate of drug-likeness (QED) is 0.666. The van der Waals surface area contributed by atoms with E-state index >= 15 is 0 Å². The fourth-order valence-electron chi connectivity index (χ4n) is 3.80. The Labute approximate surface area is 192 Å². The predicted octanol–water partition coefficient (Wildman–Crippen LogP) is 4.12. The van der Waals surface area contributed by atoms with Crippen LogP contribution in [0.3, 0.4) is 0 Å². The normalized spacial score (nSPS) is 19.3. The van der Waals surface area contributed by atoms with Gasteiger partial charge in [-0.3, -0.25) is 14.5 Å². The van der Waals surface area contributed by atoms with Gasteiger partial charge in [-0.2, -0.15) is 0 Å². The van der Waals surface area contributed by atoms with Crippen LogP contribution in [0.5, 0.6) is 5.75 Å². The van der Waals surface area contributed by atoms with Crippen molar-refractivity contribution in [3.8, 4) is 5.75 Å². The van der Waals surface area contributed by atoms with Gasteiger partial charge in [0.05, 0.1) is 6.42 Å². The van der Waals surface area contributed by atoms with Gasteiger partial charge in [0.1, 0.15) is 5.75 Å². The largest absolute Gasteiger partial charge is 0.483 e. The summed E-state index contributed by atoms with van der Waals surface area (Å²) in [5, 5.41) is 10.2. The lowest BCUT2D eigenvalue weighted by Gasteiger charge is -2.44. The second-order valence-electron chi connectivity index (χ2n) is 7.91. The van der Waals surface area contributed by atoms with Crippen LogP contribution < -0.4 is 4.74 Å². The minimum absolute atomic E-state index is 0.0308. The number of carboxylic acids is 1. The molecule has 1 fully saturated rings. The summed E-state index contributed by atoms with van der Waals surface area (Å²) in [6.45, 7) is 6.12. The number of carbonyl (C=O) groups is 2. The predicted molar refractivity (Wildman–Crippen MR) is 121 cm³/mol. The van der Waals surface area contributed by atoms with E-state index in [0.717, 1.165) is 13.1 Å². The van der Waals surface area contributed by atoms with Gasteiger partial charge in [0.15, 0.2) is 6.61 Å². The molecule has 0 bridgehead atoms. The SMILES string of the molecule is C[C@@H]1CN(Cc2ccc(Cl)cc2)[C@@H](C)CN1C(=O)COc1ccc(Cl)cc1CC(=O)O. The van der Waals surface area contributed by atoms with Gasteiger partial charge in [0, 0.05) is 47.3 Å². The molecule has 0 saturated carbocycles. The smallest absolute Gasteiger partial charge is 0.307 e. The second-order valence-corrected chi connectivity index (χ2v) is 8.78. The van der Waals surface area contributed by atoms with Crippen molar-refractivity contribution < 1.29 is 19.4 Å². The summed E-state index contributed by atoms with van der Waals surface area (Å²) < 4.78 is 5.69. The first-order chi connectivity index (χ1) is 14.7. The summed E-state index contributed by atoms with van der Waals surface area (Å²) >= 11 is 11.9. The summed E-state index contributed by atoms with van der Waals surface area (Å²) in [5.41, 5.74) is 1.63. The Kier molecular flexibility index (Phi) is 7.81. The summed E-state index contributed by atoms with van der Waals surface area (Å²) in [7, 11) is 0. The lowest BCUT2D eigenvalue weighted by Crippen LogP contribution is -2.58. The van der Waals surface area contributed by atoms with Crippen molar-refractivity contribution in [3.63, 3.8) is 0 Å². The van der Waals surface area contributed by atoms with Crippen LogP contribution in [0.1, 0.15) is 25.0 Å². The first kappa shape index (κ1) is 23.4. The molecule has 3 rings (SSSR count). The van der Waals surface area contributed by atoms with Gasteiger partial charge >= 0.3 is 5.97 Å². The molecule has 0 unspecified atom stereocenters. The van der Waals surface area contributed by atoms with Crippen molar-refractivity contribution in [2.24, 2.45) is 0 Å². The average molecular weight is 465 g/mol. The molecule has 1 N–H and O–H groups in total. The number of hydrogen-bond acceptors (Lipinski definition) is 4. The maximum absolute atomic E-state index is 12.9. The zero-order chi connectivity index (χ0) is 22.5. The Morgan fingerprint density at radius 1 is 1.03 bits per heavy atom. The third-order valence-corrected chi connectivity index (χ3v) is 5.94. The fourth-order valence-corrected chi connectivity index (χ4v) is 4.12. The van der Waals surface area contributed by atoms with E-state index in [2.05, 4.69) is 11.8 Å². The topological polar surface area (TPSA) is 70.1 Å². The Hall–Kier alpha value is -2.28. The van der Waals surface area contributed by atoms with Crippen molar-refractivity contribution in [2.45, 2.75) is 38.9 Å². The highest BCUT2D eigenvalue weighted by atomic mass is 35.5. The van der Waals surface area contributed by atoms with Crippen LogP contribution in [-0.4, -0.2) is 58.6 Å². The molecule has 0 spiro atoms. The zero-order valence-electron chi connectivity index (χ0n) is 17.6. The van der Waals surface area contributed by atoms with Gasteiger partial charge < -0.3 is 14.7 Å². The third-order valence-electron chi connectivity index (χ3n) is 5.45. The number of piperazine rings is 1. The molecule has 2 aromatic rings. The fraction of sp³-hybridized carbons (Fsp3) is 0.391. The van der Waals surface area contributed by atoms with E-state index < -0.39 is 5.97 Å². The molecule has 0 aliphatic carbocycles.